The molecule has 6 heteroatoms. The summed E-state index contributed by atoms with van der Waals surface area (Å²) in [6.07, 6.45) is 0. The molecule has 0 spiro atoms. The molecule has 3 aromatic rings. The van der Waals surface area contributed by atoms with E-state index in [1.54, 1.807) is 12.1 Å². The van der Waals surface area contributed by atoms with E-state index in [1.165, 1.54) is 12.1 Å². The molecular weight excluding hydrogens is 276 g/mol. The number of aromatic nitrogens is 2. The van der Waals surface area contributed by atoms with Crippen LogP contribution in [-0.4, -0.2) is 16.6 Å². The van der Waals surface area contributed by atoms with Gasteiger partial charge in [-0.3, -0.25) is 0 Å². The van der Waals surface area contributed by atoms with Crippen molar-refractivity contribution in [3.8, 4) is 17.1 Å². The third-order valence-electron chi connectivity index (χ3n) is 3.15. The van der Waals surface area contributed by atoms with Gasteiger partial charge in [0.05, 0.1) is 11.0 Å². The highest BCUT2D eigenvalue weighted by Crippen LogP contribution is 2.26. The number of nitrogens with zero attached hydrogens (tertiary/aromatic N) is 1. The number of hydrogen-bond acceptors (Lipinski definition) is 3. The molecule has 2 aromatic carbocycles. The normalized spacial score (nSPS) is 11.2. The van der Waals surface area contributed by atoms with Crippen LogP contribution in [0.1, 0.15) is 5.56 Å². The number of fused-ring (bicyclic) bond motifs is 1. The summed E-state index contributed by atoms with van der Waals surface area (Å²) in [4.78, 5) is 7.65. The van der Waals surface area contributed by atoms with E-state index in [1.807, 2.05) is 18.2 Å². The molecule has 0 fully saturated rings. The lowest BCUT2D eigenvalue weighted by molar-refractivity contribution is -0.0498. The van der Waals surface area contributed by atoms with E-state index in [0.717, 1.165) is 16.6 Å². The van der Waals surface area contributed by atoms with E-state index in [9.17, 15) is 8.78 Å². The molecule has 0 aliphatic rings. The maximum absolute atomic E-state index is 12.3. The fourth-order valence-corrected chi connectivity index (χ4v) is 2.21. The Balaban J connectivity index is 2.04. The summed E-state index contributed by atoms with van der Waals surface area (Å²) in [5.41, 5.74) is 8.93. The van der Waals surface area contributed by atoms with Crippen molar-refractivity contribution in [2.24, 2.45) is 5.73 Å². The molecular formula is C15H13F2N3O. The summed E-state index contributed by atoms with van der Waals surface area (Å²) in [5.74, 6) is 0.688. The van der Waals surface area contributed by atoms with Gasteiger partial charge in [0.1, 0.15) is 11.6 Å². The monoisotopic (exact) mass is 289 g/mol. The Morgan fingerprint density at radius 3 is 2.76 bits per heavy atom. The van der Waals surface area contributed by atoms with Crippen molar-refractivity contribution < 1.29 is 13.5 Å². The van der Waals surface area contributed by atoms with Crippen molar-refractivity contribution in [2.75, 3.05) is 0 Å². The highest BCUT2D eigenvalue weighted by atomic mass is 19.3. The van der Waals surface area contributed by atoms with Gasteiger partial charge < -0.3 is 15.5 Å². The number of rotatable bonds is 4. The second-order valence-corrected chi connectivity index (χ2v) is 4.51. The number of H-pyrrole nitrogens is 1. The van der Waals surface area contributed by atoms with Crippen LogP contribution in [0.2, 0.25) is 0 Å². The first kappa shape index (κ1) is 13.5. The Morgan fingerprint density at radius 2 is 2.00 bits per heavy atom. The fraction of sp³-hybridized carbons (Fsp3) is 0.133. The van der Waals surface area contributed by atoms with Crippen molar-refractivity contribution in [1.82, 2.24) is 9.97 Å². The average Bonchev–Trinajstić information content (AvgIpc) is 2.90. The van der Waals surface area contributed by atoms with Gasteiger partial charge in [0, 0.05) is 12.1 Å². The predicted octanol–water partition coefficient (Wildman–Crippen LogP) is 3.29. The number of imidazole rings is 1. The van der Waals surface area contributed by atoms with E-state index in [0.29, 0.717) is 17.9 Å². The molecule has 0 saturated carbocycles. The van der Waals surface area contributed by atoms with Crippen molar-refractivity contribution in [2.45, 2.75) is 13.2 Å². The van der Waals surface area contributed by atoms with Gasteiger partial charge in [-0.15, -0.1) is 0 Å². The molecule has 0 amide bonds. The van der Waals surface area contributed by atoms with Crippen LogP contribution < -0.4 is 10.5 Å². The lowest BCUT2D eigenvalue weighted by atomic mass is 10.2. The summed E-state index contributed by atoms with van der Waals surface area (Å²) in [6, 6.07) is 12.1. The number of benzene rings is 2. The van der Waals surface area contributed by atoms with Crippen LogP contribution in [0.25, 0.3) is 22.4 Å². The molecule has 0 atom stereocenters. The minimum atomic E-state index is -2.85. The minimum Gasteiger partial charge on any atom is -0.435 e. The van der Waals surface area contributed by atoms with Gasteiger partial charge in [-0.2, -0.15) is 8.78 Å². The summed E-state index contributed by atoms with van der Waals surface area (Å²) in [7, 11) is 0. The molecule has 0 aliphatic heterocycles. The molecule has 0 aliphatic carbocycles. The Hall–Kier alpha value is -2.47. The molecule has 4 nitrogen and oxygen atoms in total. The first-order chi connectivity index (χ1) is 10.2. The minimum absolute atomic E-state index is 0.0991. The standard InChI is InChI=1S/C15H13F2N3O/c16-15(17)21-11-5-1-3-9(7-11)14-19-12-6-2-4-10(8-18)13(12)20-14/h1-7,15H,8,18H2,(H,19,20). The Labute approximate surface area is 119 Å². The maximum atomic E-state index is 12.3. The van der Waals surface area contributed by atoms with Crippen LogP contribution in [0.3, 0.4) is 0 Å². The number of para-hydroxylation sites is 1. The summed E-state index contributed by atoms with van der Waals surface area (Å²) in [6.45, 7) is -2.46. The molecule has 3 rings (SSSR count). The molecule has 0 saturated heterocycles. The van der Waals surface area contributed by atoms with Gasteiger partial charge >= 0.3 is 6.61 Å². The lowest BCUT2D eigenvalue weighted by Crippen LogP contribution is -2.01. The van der Waals surface area contributed by atoms with Crippen molar-refractivity contribution in [1.29, 1.82) is 0 Å². The SMILES string of the molecule is NCc1cccc2[nH]c(-c3cccc(OC(F)F)c3)nc12. The third-order valence-corrected chi connectivity index (χ3v) is 3.15. The Morgan fingerprint density at radius 1 is 1.19 bits per heavy atom. The number of alkyl halides is 2. The van der Waals surface area contributed by atoms with E-state index in [-0.39, 0.29) is 5.75 Å². The van der Waals surface area contributed by atoms with Crippen LogP contribution in [0.5, 0.6) is 5.75 Å². The topological polar surface area (TPSA) is 63.9 Å². The van der Waals surface area contributed by atoms with Crippen LogP contribution in [0.4, 0.5) is 8.78 Å². The molecule has 0 bridgehead atoms. The largest absolute Gasteiger partial charge is 0.435 e. The highest BCUT2D eigenvalue weighted by Gasteiger charge is 2.10. The van der Waals surface area contributed by atoms with Crippen molar-refractivity contribution in [3.05, 3.63) is 48.0 Å². The Bertz CT molecular complexity index is 770. The summed E-state index contributed by atoms with van der Waals surface area (Å²) < 4.78 is 28.9. The van der Waals surface area contributed by atoms with Gasteiger partial charge in [0.25, 0.3) is 0 Å². The molecule has 0 unspecified atom stereocenters. The molecule has 0 radical (unpaired) electrons. The third kappa shape index (κ3) is 2.71. The first-order valence-electron chi connectivity index (χ1n) is 6.40. The zero-order valence-corrected chi connectivity index (χ0v) is 11.0. The van der Waals surface area contributed by atoms with Crippen molar-refractivity contribution >= 4 is 11.0 Å². The Kier molecular flexibility index (Phi) is 3.53. The molecule has 108 valence electrons. The summed E-state index contributed by atoms with van der Waals surface area (Å²) >= 11 is 0. The predicted molar refractivity (Wildman–Crippen MR) is 76.1 cm³/mol. The second kappa shape index (κ2) is 5.49. The zero-order valence-electron chi connectivity index (χ0n) is 11.0. The maximum Gasteiger partial charge on any atom is 0.387 e. The van der Waals surface area contributed by atoms with Crippen LogP contribution in [-0.2, 0) is 6.54 Å². The number of aromatic amines is 1. The number of halogens is 2. The van der Waals surface area contributed by atoms with Crippen LogP contribution >= 0.6 is 0 Å². The van der Waals surface area contributed by atoms with E-state index >= 15 is 0 Å². The fourth-order valence-electron chi connectivity index (χ4n) is 2.21. The van der Waals surface area contributed by atoms with Crippen LogP contribution in [0, 0.1) is 0 Å². The van der Waals surface area contributed by atoms with Gasteiger partial charge in [0.2, 0.25) is 0 Å². The molecule has 3 N–H and O–H groups in total. The first-order valence-corrected chi connectivity index (χ1v) is 6.40. The molecule has 1 heterocycles. The van der Waals surface area contributed by atoms with E-state index < -0.39 is 6.61 Å². The average molecular weight is 289 g/mol. The van der Waals surface area contributed by atoms with Crippen molar-refractivity contribution in [3.63, 3.8) is 0 Å². The van der Waals surface area contributed by atoms with E-state index in [4.69, 9.17) is 5.73 Å². The van der Waals surface area contributed by atoms with Gasteiger partial charge in [-0.25, -0.2) is 4.98 Å². The number of nitrogens with two attached hydrogens (primary N) is 1. The summed E-state index contributed by atoms with van der Waals surface area (Å²) in [5, 5.41) is 0. The quantitative estimate of drug-likeness (QED) is 0.774. The number of ether oxygens (including phenoxy) is 1. The molecule has 21 heavy (non-hydrogen) atoms. The highest BCUT2D eigenvalue weighted by molar-refractivity contribution is 5.82. The molecule has 1 aromatic heterocycles. The smallest absolute Gasteiger partial charge is 0.387 e. The van der Waals surface area contributed by atoms with Crippen LogP contribution in [0.15, 0.2) is 42.5 Å². The lowest BCUT2D eigenvalue weighted by Gasteiger charge is -2.05. The zero-order chi connectivity index (χ0) is 14.8. The van der Waals surface area contributed by atoms with E-state index in [2.05, 4.69) is 14.7 Å². The van der Waals surface area contributed by atoms with Gasteiger partial charge in [0.15, 0.2) is 0 Å². The number of nitrogens with one attached hydrogen (secondary N) is 1. The van der Waals surface area contributed by atoms with Gasteiger partial charge in [-0.05, 0) is 23.8 Å². The second-order valence-electron chi connectivity index (χ2n) is 4.51. The number of hydrogen-bond donors (Lipinski definition) is 2. The van der Waals surface area contributed by atoms with Gasteiger partial charge in [-0.1, -0.05) is 24.3 Å².